The van der Waals surface area contributed by atoms with Gasteiger partial charge in [0.2, 0.25) is 11.9 Å². The minimum atomic E-state index is -0.124. The van der Waals surface area contributed by atoms with E-state index in [2.05, 4.69) is 20.2 Å². The molecule has 0 radical (unpaired) electrons. The van der Waals surface area contributed by atoms with Crippen LogP contribution in [0.15, 0.2) is 36.7 Å². The predicted octanol–water partition coefficient (Wildman–Crippen LogP) is 3.37. The minimum Gasteiger partial charge on any atom is -0.490 e. The maximum Gasteiger partial charge on any atom is 0.225 e. The summed E-state index contributed by atoms with van der Waals surface area (Å²) in [6.45, 7) is 8.53. The number of rotatable bonds is 8. The van der Waals surface area contributed by atoms with Gasteiger partial charge in [-0.3, -0.25) is 4.79 Å². The standard InChI is InChI=1S/C22H30N4O3/c1-4-28-19-10-9-17(14-20(19)29-5-2)16(3)25-21(27)18-8-6-13-26(15-18)22-23-11-7-12-24-22/h7,9-12,14,16,18H,4-6,8,13,15H2,1-3H3,(H,25,27). The maximum absolute atomic E-state index is 12.9. The fourth-order valence-electron chi connectivity index (χ4n) is 3.58. The summed E-state index contributed by atoms with van der Waals surface area (Å²) in [7, 11) is 0. The van der Waals surface area contributed by atoms with E-state index in [1.807, 2.05) is 39.0 Å². The van der Waals surface area contributed by atoms with Crippen LogP contribution in [0, 0.1) is 5.92 Å². The first-order chi connectivity index (χ1) is 14.1. The molecule has 0 aliphatic carbocycles. The van der Waals surface area contributed by atoms with Gasteiger partial charge in [-0.05, 0) is 57.4 Å². The van der Waals surface area contributed by atoms with E-state index in [1.54, 1.807) is 18.5 Å². The smallest absolute Gasteiger partial charge is 0.225 e. The zero-order valence-corrected chi connectivity index (χ0v) is 17.4. The quantitative estimate of drug-likeness (QED) is 0.735. The van der Waals surface area contributed by atoms with E-state index in [1.165, 1.54) is 0 Å². The first-order valence-corrected chi connectivity index (χ1v) is 10.3. The monoisotopic (exact) mass is 398 g/mol. The lowest BCUT2D eigenvalue weighted by Crippen LogP contribution is -2.44. The maximum atomic E-state index is 12.9. The fourth-order valence-corrected chi connectivity index (χ4v) is 3.58. The highest BCUT2D eigenvalue weighted by Gasteiger charge is 2.28. The average molecular weight is 399 g/mol. The van der Waals surface area contributed by atoms with Crippen LogP contribution in [0.4, 0.5) is 5.95 Å². The molecule has 0 bridgehead atoms. The fraction of sp³-hybridized carbons (Fsp3) is 0.500. The molecule has 2 atom stereocenters. The number of benzene rings is 1. The molecule has 3 rings (SSSR count). The second-order valence-electron chi connectivity index (χ2n) is 7.14. The topological polar surface area (TPSA) is 76.6 Å². The Hall–Kier alpha value is -2.83. The van der Waals surface area contributed by atoms with Crippen LogP contribution in [0.5, 0.6) is 11.5 Å². The van der Waals surface area contributed by atoms with E-state index in [0.29, 0.717) is 31.5 Å². The number of hydrogen-bond acceptors (Lipinski definition) is 6. The third-order valence-corrected chi connectivity index (χ3v) is 5.05. The van der Waals surface area contributed by atoms with E-state index in [9.17, 15) is 4.79 Å². The van der Waals surface area contributed by atoms with E-state index in [4.69, 9.17) is 9.47 Å². The van der Waals surface area contributed by atoms with Crippen LogP contribution in [0.2, 0.25) is 0 Å². The Morgan fingerprint density at radius 3 is 2.66 bits per heavy atom. The largest absolute Gasteiger partial charge is 0.490 e. The Bertz CT molecular complexity index is 800. The normalized spacial score (nSPS) is 17.5. The molecule has 1 aliphatic heterocycles. The van der Waals surface area contributed by atoms with Crippen molar-refractivity contribution in [2.24, 2.45) is 5.92 Å². The van der Waals surface area contributed by atoms with Crippen LogP contribution in [-0.2, 0) is 4.79 Å². The van der Waals surface area contributed by atoms with Gasteiger partial charge >= 0.3 is 0 Å². The Balaban J connectivity index is 1.64. The highest BCUT2D eigenvalue weighted by atomic mass is 16.5. The summed E-state index contributed by atoms with van der Waals surface area (Å²) in [4.78, 5) is 23.6. The van der Waals surface area contributed by atoms with Crippen molar-refractivity contribution in [3.05, 3.63) is 42.2 Å². The average Bonchev–Trinajstić information content (AvgIpc) is 2.76. The molecule has 1 fully saturated rings. The van der Waals surface area contributed by atoms with Gasteiger partial charge in [-0.15, -0.1) is 0 Å². The third-order valence-electron chi connectivity index (χ3n) is 5.05. The number of anilines is 1. The summed E-state index contributed by atoms with van der Waals surface area (Å²) in [6.07, 6.45) is 5.28. The molecule has 29 heavy (non-hydrogen) atoms. The van der Waals surface area contributed by atoms with Gasteiger partial charge in [-0.25, -0.2) is 9.97 Å². The molecule has 2 unspecified atom stereocenters. The number of nitrogens with zero attached hydrogens (tertiary/aromatic N) is 3. The number of carbonyl (C=O) groups is 1. The molecule has 7 heteroatoms. The molecule has 1 saturated heterocycles. The van der Waals surface area contributed by atoms with Gasteiger partial charge in [-0.1, -0.05) is 6.07 Å². The minimum absolute atomic E-state index is 0.0602. The molecule has 1 aliphatic rings. The van der Waals surface area contributed by atoms with E-state index < -0.39 is 0 Å². The summed E-state index contributed by atoms with van der Waals surface area (Å²) in [5.74, 6) is 2.10. The van der Waals surface area contributed by atoms with Crippen molar-refractivity contribution in [1.29, 1.82) is 0 Å². The Morgan fingerprint density at radius 2 is 1.93 bits per heavy atom. The van der Waals surface area contributed by atoms with Gasteiger partial charge in [0, 0.05) is 25.5 Å². The molecule has 1 aromatic heterocycles. The van der Waals surface area contributed by atoms with Crippen LogP contribution >= 0.6 is 0 Å². The summed E-state index contributed by atoms with van der Waals surface area (Å²) >= 11 is 0. The second kappa shape index (κ2) is 10.1. The van der Waals surface area contributed by atoms with Crippen molar-refractivity contribution >= 4 is 11.9 Å². The number of carbonyl (C=O) groups excluding carboxylic acids is 1. The zero-order chi connectivity index (χ0) is 20.6. The second-order valence-corrected chi connectivity index (χ2v) is 7.14. The van der Waals surface area contributed by atoms with Crippen molar-refractivity contribution in [1.82, 2.24) is 15.3 Å². The van der Waals surface area contributed by atoms with Crippen LogP contribution in [0.3, 0.4) is 0 Å². The highest BCUT2D eigenvalue weighted by Crippen LogP contribution is 2.31. The molecule has 7 nitrogen and oxygen atoms in total. The summed E-state index contributed by atoms with van der Waals surface area (Å²) < 4.78 is 11.3. The molecule has 2 heterocycles. The number of nitrogens with one attached hydrogen (secondary N) is 1. The van der Waals surface area contributed by atoms with Gasteiger partial charge in [0.25, 0.3) is 0 Å². The van der Waals surface area contributed by atoms with Crippen LogP contribution in [-0.4, -0.2) is 42.2 Å². The van der Waals surface area contributed by atoms with E-state index >= 15 is 0 Å². The van der Waals surface area contributed by atoms with E-state index in [0.717, 1.165) is 30.7 Å². The molecule has 2 aromatic rings. The SMILES string of the molecule is CCOc1ccc(C(C)NC(=O)C2CCCN(c3ncccn3)C2)cc1OCC. The van der Waals surface area contributed by atoms with Crippen LogP contribution < -0.4 is 19.7 Å². The van der Waals surface area contributed by atoms with Crippen molar-refractivity contribution in [2.45, 2.75) is 39.7 Å². The van der Waals surface area contributed by atoms with Gasteiger partial charge in [0.1, 0.15) is 0 Å². The summed E-state index contributed by atoms with van der Waals surface area (Å²) in [5.41, 5.74) is 0.990. The van der Waals surface area contributed by atoms with Gasteiger partial charge < -0.3 is 19.7 Å². The van der Waals surface area contributed by atoms with Gasteiger partial charge in [0.15, 0.2) is 11.5 Å². The zero-order valence-electron chi connectivity index (χ0n) is 17.4. The number of piperidine rings is 1. The van der Waals surface area contributed by atoms with E-state index in [-0.39, 0.29) is 17.9 Å². The van der Waals surface area contributed by atoms with Crippen molar-refractivity contribution in [2.75, 3.05) is 31.2 Å². The molecular formula is C22H30N4O3. The van der Waals surface area contributed by atoms with Crippen molar-refractivity contribution < 1.29 is 14.3 Å². The molecule has 0 saturated carbocycles. The molecule has 1 amide bonds. The van der Waals surface area contributed by atoms with Crippen molar-refractivity contribution in [3.63, 3.8) is 0 Å². The Kier molecular flexibility index (Phi) is 7.27. The van der Waals surface area contributed by atoms with Crippen molar-refractivity contribution in [3.8, 4) is 11.5 Å². The third kappa shape index (κ3) is 5.37. The van der Waals surface area contributed by atoms with Crippen LogP contribution in [0.1, 0.15) is 45.2 Å². The molecule has 0 spiro atoms. The predicted molar refractivity (Wildman–Crippen MR) is 112 cm³/mol. The van der Waals surface area contributed by atoms with Gasteiger partial charge in [-0.2, -0.15) is 0 Å². The lowest BCUT2D eigenvalue weighted by atomic mass is 9.96. The number of amides is 1. The molecule has 156 valence electrons. The van der Waals surface area contributed by atoms with Crippen LogP contribution in [0.25, 0.3) is 0 Å². The lowest BCUT2D eigenvalue weighted by molar-refractivity contribution is -0.125. The number of ether oxygens (including phenoxy) is 2. The number of aromatic nitrogens is 2. The molecular weight excluding hydrogens is 368 g/mol. The number of hydrogen-bond donors (Lipinski definition) is 1. The molecule has 1 aromatic carbocycles. The Labute approximate surface area is 172 Å². The first kappa shape index (κ1) is 20.9. The van der Waals surface area contributed by atoms with Gasteiger partial charge in [0.05, 0.1) is 25.2 Å². The lowest BCUT2D eigenvalue weighted by Gasteiger charge is -2.32. The Morgan fingerprint density at radius 1 is 1.21 bits per heavy atom. The molecule has 1 N–H and O–H groups in total. The highest BCUT2D eigenvalue weighted by molar-refractivity contribution is 5.80. The first-order valence-electron chi connectivity index (χ1n) is 10.3. The summed E-state index contributed by atoms with van der Waals surface area (Å²) in [5, 5.41) is 3.16. The summed E-state index contributed by atoms with van der Waals surface area (Å²) in [6, 6.07) is 7.50.